The number of pyridine rings is 1. The van der Waals surface area contributed by atoms with Crippen molar-refractivity contribution in [2.24, 2.45) is 0 Å². The third kappa shape index (κ3) is 3.25. The van der Waals surface area contributed by atoms with E-state index in [4.69, 9.17) is 10.4 Å². The molecule has 0 aromatic carbocycles. The van der Waals surface area contributed by atoms with Gasteiger partial charge in [-0.3, -0.25) is 4.84 Å². The van der Waals surface area contributed by atoms with Crippen molar-refractivity contribution in [2.75, 3.05) is 12.1 Å². The van der Waals surface area contributed by atoms with Crippen molar-refractivity contribution in [2.45, 2.75) is 6.92 Å². The number of anilines is 1. The first-order valence-electron chi connectivity index (χ1n) is 4.11. The van der Waals surface area contributed by atoms with E-state index in [0.29, 0.717) is 11.3 Å². The lowest BCUT2D eigenvalue weighted by atomic mass is 10.2. The summed E-state index contributed by atoms with van der Waals surface area (Å²) in [6.07, 6.45) is 0. The van der Waals surface area contributed by atoms with Gasteiger partial charge < -0.3 is 5.11 Å². The number of carboxylic acids is 1. The number of aromatic nitrogens is 1. The summed E-state index contributed by atoms with van der Waals surface area (Å²) in [6.45, 7) is 1.25. The van der Waals surface area contributed by atoms with E-state index < -0.39 is 12.6 Å². The minimum Gasteiger partial charge on any atom is -0.479 e. The number of hydrogen-bond acceptors (Lipinski definition) is 5. The zero-order valence-electron chi connectivity index (χ0n) is 8.02. The normalized spacial score (nSPS) is 9.33. The van der Waals surface area contributed by atoms with E-state index in [2.05, 4.69) is 15.3 Å². The highest BCUT2D eigenvalue weighted by atomic mass is 16.7. The SMILES string of the molecule is Cc1ccc(C#N)c(NOCC(=O)O)n1. The Labute approximate surface area is 86.1 Å². The number of nitrogens with one attached hydrogen (secondary N) is 1. The van der Waals surface area contributed by atoms with Gasteiger partial charge in [-0.1, -0.05) is 0 Å². The molecule has 0 radical (unpaired) electrons. The Morgan fingerprint density at radius 3 is 3.07 bits per heavy atom. The van der Waals surface area contributed by atoms with Crippen molar-refractivity contribution in [3.05, 3.63) is 23.4 Å². The summed E-state index contributed by atoms with van der Waals surface area (Å²) < 4.78 is 0. The second-order valence-electron chi connectivity index (χ2n) is 2.75. The maximum absolute atomic E-state index is 10.2. The van der Waals surface area contributed by atoms with Gasteiger partial charge in [0.05, 0.1) is 5.56 Å². The van der Waals surface area contributed by atoms with Crippen molar-refractivity contribution < 1.29 is 14.7 Å². The number of rotatable bonds is 4. The number of carboxylic acid groups (broad SMARTS) is 1. The molecule has 0 aliphatic carbocycles. The molecule has 0 amide bonds. The highest BCUT2D eigenvalue weighted by Gasteiger charge is 2.04. The van der Waals surface area contributed by atoms with Crippen LogP contribution in [0.25, 0.3) is 0 Å². The van der Waals surface area contributed by atoms with Crippen LogP contribution >= 0.6 is 0 Å². The number of aryl methyl sites for hydroxylation is 1. The van der Waals surface area contributed by atoms with E-state index in [1.54, 1.807) is 19.1 Å². The maximum atomic E-state index is 10.2. The van der Waals surface area contributed by atoms with Gasteiger partial charge in [-0.25, -0.2) is 15.3 Å². The molecule has 78 valence electrons. The molecule has 0 fully saturated rings. The van der Waals surface area contributed by atoms with E-state index in [0.717, 1.165) is 0 Å². The summed E-state index contributed by atoms with van der Waals surface area (Å²) in [5, 5.41) is 17.0. The molecule has 2 N–H and O–H groups in total. The Kier molecular flexibility index (Phi) is 3.60. The summed E-state index contributed by atoms with van der Waals surface area (Å²) in [5.74, 6) is -0.882. The van der Waals surface area contributed by atoms with Crippen LogP contribution in [0.5, 0.6) is 0 Å². The molecule has 0 aliphatic rings. The topological polar surface area (TPSA) is 95.2 Å². The van der Waals surface area contributed by atoms with Crippen molar-refractivity contribution in [1.82, 2.24) is 4.98 Å². The number of aliphatic carboxylic acids is 1. The van der Waals surface area contributed by atoms with Crippen LogP contribution in [-0.4, -0.2) is 22.7 Å². The maximum Gasteiger partial charge on any atom is 0.332 e. The molecule has 0 unspecified atom stereocenters. The molecule has 15 heavy (non-hydrogen) atoms. The van der Waals surface area contributed by atoms with Gasteiger partial charge in [-0.05, 0) is 19.1 Å². The monoisotopic (exact) mass is 207 g/mol. The molecule has 1 heterocycles. The van der Waals surface area contributed by atoms with Crippen molar-refractivity contribution in [1.29, 1.82) is 5.26 Å². The van der Waals surface area contributed by atoms with Gasteiger partial charge in [0.15, 0.2) is 12.4 Å². The molecule has 0 aliphatic heterocycles. The summed E-state index contributed by atoms with van der Waals surface area (Å²) in [5.41, 5.74) is 3.32. The smallest absolute Gasteiger partial charge is 0.332 e. The lowest BCUT2D eigenvalue weighted by molar-refractivity contribution is -0.141. The Hall–Kier alpha value is -2.13. The van der Waals surface area contributed by atoms with Crippen LogP contribution in [-0.2, 0) is 9.63 Å². The van der Waals surface area contributed by atoms with Gasteiger partial charge in [0.2, 0.25) is 0 Å². The Morgan fingerprint density at radius 1 is 1.73 bits per heavy atom. The fraction of sp³-hybridized carbons (Fsp3) is 0.222. The van der Waals surface area contributed by atoms with E-state index in [9.17, 15) is 4.79 Å². The van der Waals surface area contributed by atoms with Gasteiger partial charge in [0.1, 0.15) is 6.07 Å². The molecule has 0 atom stereocenters. The van der Waals surface area contributed by atoms with Gasteiger partial charge in [0, 0.05) is 5.69 Å². The van der Waals surface area contributed by atoms with Crippen LogP contribution in [0.1, 0.15) is 11.3 Å². The second kappa shape index (κ2) is 4.93. The minimum absolute atomic E-state index is 0.221. The third-order valence-electron chi connectivity index (χ3n) is 1.52. The largest absolute Gasteiger partial charge is 0.479 e. The molecule has 0 saturated carbocycles. The van der Waals surface area contributed by atoms with E-state index >= 15 is 0 Å². The molecular weight excluding hydrogens is 198 g/mol. The first kappa shape index (κ1) is 10.9. The average Bonchev–Trinajstić information content (AvgIpc) is 2.17. The Balaban J connectivity index is 2.71. The number of hydrogen-bond donors (Lipinski definition) is 2. The van der Waals surface area contributed by atoms with Crippen molar-refractivity contribution in [3.8, 4) is 6.07 Å². The zero-order valence-corrected chi connectivity index (χ0v) is 8.02. The van der Waals surface area contributed by atoms with E-state index in [1.807, 2.05) is 6.07 Å². The number of carbonyl (C=O) groups is 1. The predicted octanol–water partition coefficient (Wildman–Crippen LogP) is 0.690. The molecule has 0 saturated heterocycles. The summed E-state index contributed by atoms with van der Waals surface area (Å²) in [4.78, 5) is 18.8. The summed E-state index contributed by atoms with van der Waals surface area (Å²) in [7, 11) is 0. The standard InChI is InChI=1S/C9H9N3O3/c1-6-2-3-7(4-10)9(11-6)12-15-5-8(13)14/h2-3H,5H2,1H3,(H,11,12)(H,13,14). The van der Waals surface area contributed by atoms with Crippen molar-refractivity contribution >= 4 is 11.8 Å². The molecule has 0 bridgehead atoms. The molecule has 1 aromatic heterocycles. The number of nitrogens with zero attached hydrogens (tertiary/aromatic N) is 2. The highest BCUT2D eigenvalue weighted by Crippen LogP contribution is 2.11. The van der Waals surface area contributed by atoms with Crippen LogP contribution < -0.4 is 5.48 Å². The van der Waals surface area contributed by atoms with E-state index in [-0.39, 0.29) is 5.82 Å². The van der Waals surface area contributed by atoms with Gasteiger partial charge >= 0.3 is 5.97 Å². The lowest BCUT2D eigenvalue weighted by Crippen LogP contribution is -2.13. The quantitative estimate of drug-likeness (QED) is 0.705. The van der Waals surface area contributed by atoms with Crippen LogP contribution in [0.3, 0.4) is 0 Å². The highest BCUT2D eigenvalue weighted by molar-refractivity contribution is 5.68. The zero-order chi connectivity index (χ0) is 11.3. The summed E-state index contributed by atoms with van der Waals surface area (Å²) >= 11 is 0. The van der Waals surface area contributed by atoms with Crippen LogP contribution in [0.2, 0.25) is 0 Å². The van der Waals surface area contributed by atoms with Crippen molar-refractivity contribution in [3.63, 3.8) is 0 Å². The van der Waals surface area contributed by atoms with Gasteiger partial charge in [0.25, 0.3) is 0 Å². The molecule has 6 nitrogen and oxygen atoms in total. The Morgan fingerprint density at radius 2 is 2.47 bits per heavy atom. The van der Waals surface area contributed by atoms with Gasteiger partial charge in [-0.2, -0.15) is 5.26 Å². The molecule has 1 rings (SSSR count). The van der Waals surface area contributed by atoms with Crippen LogP contribution in [0.4, 0.5) is 5.82 Å². The Bertz CT molecular complexity index is 412. The molecule has 6 heteroatoms. The van der Waals surface area contributed by atoms with E-state index in [1.165, 1.54) is 0 Å². The first-order valence-corrected chi connectivity index (χ1v) is 4.11. The first-order chi connectivity index (χ1) is 7.13. The number of nitriles is 1. The predicted molar refractivity (Wildman–Crippen MR) is 50.9 cm³/mol. The lowest BCUT2D eigenvalue weighted by Gasteiger charge is -2.06. The fourth-order valence-corrected chi connectivity index (χ4v) is 0.891. The van der Waals surface area contributed by atoms with Gasteiger partial charge in [-0.15, -0.1) is 0 Å². The minimum atomic E-state index is -1.10. The average molecular weight is 207 g/mol. The molecule has 1 aromatic rings. The molecule has 0 spiro atoms. The third-order valence-corrected chi connectivity index (χ3v) is 1.52. The molecular formula is C9H9N3O3. The fourth-order valence-electron chi connectivity index (χ4n) is 0.891. The van der Waals surface area contributed by atoms with Crippen LogP contribution in [0, 0.1) is 18.3 Å². The summed E-state index contributed by atoms with van der Waals surface area (Å²) in [6, 6.07) is 5.17. The van der Waals surface area contributed by atoms with Crippen LogP contribution in [0.15, 0.2) is 12.1 Å². The second-order valence-corrected chi connectivity index (χ2v) is 2.75.